The summed E-state index contributed by atoms with van der Waals surface area (Å²) in [7, 11) is 0. The zero-order valence-corrected chi connectivity index (χ0v) is 13.0. The summed E-state index contributed by atoms with van der Waals surface area (Å²) in [6.07, 6.45) is 8.14. The maximum absolute atomic E-state index is 11.8. The van der Waals surface area contributed by atoms with Crippen LogP contribution in [0.3, 0.4) is 0 Å². The molecule has 2 rings (SSSR count). The number of aryl methyl sites for hydroxylation is 2. The van der Waals surface area contributed by atoms with Crippen LogP contribution in [0.4, 0.5) is 0 Å². The third-order valence-corrected chi connectivity index (χ3v) is 3.77. The molecular weight excluding hydrogens is 264 g/mol. The summed E-state index contributed by atoms with van der Waals surface area (Å²) in [6.45, 7) is 4.25. The van der Waals surface area contributed by atoms with Crippen molar-refractivity contribution in [2.24, 2.45) is 0 Å². The molecule has 0 bridgehead atoms. The normalized spacial score (nSPS) is 11.0. The molecule has 1 heterocycles. The lowest BCUT2D eigenvalue weighted by Gasteiger charge is -2.01. The Morgan fingerprint density at radius 1 is 1.05 bits per heavy atom. The zero-order chi connectivity index (χ0) is 15.1. The lowest BCUT2D eigenvalue weighted by molar-refractivity contribution is -0.793. The summed E-state index contributed by atoms with van der Waals surface area (Å²) in [6, 6.07) is 7.88. The maximum atomic E-state index is 11.8. The Balaban J connectivity index is 1.96. The van der Waals surface area contributed by atoms with Gasteiger partial charge in [-0.1, -0.05) is 68.9 Å². The highest BCUT2D eigenvalue weighted by Crippen LogP contribution is 2.21. The van der Waals surface area contributed by atoms with Gasteiger partial charge in [-0.25, -0.2) is 0 Å². The summed E-state index contributed by atoms with van der Waals surface area (Å²) >= 11 is 0. The van der Waals surface area contributed by atoms with Crippen molar-refractivity contribution in [1.82, 2.24) is 5.16 Å². The number of hydrogen-bond acceptors (Lipinski definition) is 3. The van der Waals surface area contributed by atoms with Crippen LogP contribution in [-0.2, 0) is 6.42 Å². The number of benzene rings is 1. The van der Waals surface area contributed by atoms with E-state index in [1.54, 1.807) is 0 Å². The molecule has 4 heteroatoms. The van der Waals surface area contributed by atoms with Gasteiger partial charge in [0.15, 0.2) is 0 Å². The monoisotopic (exact) mass is 288 g/mol. The van der Waals surface area contributed by atoms with Gasteiger partial charge in [-0.05, 0) is 18.2 Å². The lowest BCUT2D eigenvalue weighted by Crippen LogP contribution is -2.25. The van der Waals surface area contributed by atoms with E-state index in [1.807, 2.05) is 31.2 Å². The predicted octanol–water partition coefficient (Wildman–Crippen LogP) is 4.19. The highest BCUT2D eigenvalue weighted by atomic mass is 16.8. The summed E-state index contributed by atoms with van der Waals surface area (Å²) < 4.78 is 4.79. The van der Waals surface area contributed by atoms with Gasteiger partial charge in [-0.15, -0.1) is 0 Å². The van der Waals surface area contributed by atoms with E-state index in [1.165, 1.54) is 37.7 Å². The van der Waals surface area contributed by atoms with E-state index >= 15 is 0 Å². The van der Waals surface area contributed by atoms with E-state index in [4.69, 9.17) is 4.63 Å². The predicted molar refractivity (Wildman–Crippen MR) is 82.7 cm³/mol. The molecule has 0 amide bonds. The Labute approximate surface area is 126 Å². The molecule has 0 saturated carbocycles. The molecule has 0 aliphatic carbocycles. The van der Waals surface area contributed by atoms with E-state index in [2.05, 4.69) is 12.1 Å². The first-order chi connectivity index (χ1) is 10.2. The van der Waals surface area contributed by atoms with Gasteiger partial charge in [-0.2, -0.15) is 0 Å². The van der Waals surface area contributed by atoms with Gasteiger partial charge in [-0.3, -0.25) is 4.63 Å². The van der Waals surface area contributed by atoms with Crippen LogP contribution < -0.4 is 4.90 Å². The first-order valence-electron chi connectivity index (χ1n) is 7.88. The number of rotatable bonds is 8. The van der Waals surface area contributed by atoms with Gasteiger partial charge < -0.3 is 5.21 Å². The second kappa shape index (κ2) is 7.81. The molecule has 0 aliphatic heterocycles. The largest absolute Gasteiger partial charge is 0.359 e. The minimum absolute atomic E-state index is 0.525. The van der Waals surface area contributed by atoms with Crippen molar-refractivity contribution in [3.05, 3.63) is 40.7 Å². The summed E-state index contributed by atoms with van der Waals surface area (Å²) in [5, 5.41) is 15.7. The Bertz CT molecular complexity index is 546. The molecule has 0 unspecified atom stereocenters. The van der Waals surface area contributed by atoms with Crippen LogP contribution in [0, 0.1) is 12.1 Å². The van der Waals surface area contributed by atoms with Gasteiger partial charge in [0.1, 0.15) is 0 Å². The molecule has 0 fully saturated rings. The van der Waals surface area contributed by atoms with Crippen molar-refractivity contribution in [2.45, 2.75) is 58.8 Å². The molecule has 0 spiro atoms. The standard InChI is InChI=1S/C17H24N2O2/c1-3-4-5-6-7-8-9-16-17(19(20)21-18-16)15-12-10-14(2)11-13-15/h10-13H,3-9H2,1-2H3. The molecule has 0 saturated heterocycles. The van der Waals surface area contributed by atoms with Crippen LogP contribution >= 0.6 is 0 Å². The SMILES string of the molecule is CCCCCCCCc1no[n+]([O-])c1-c1ccc(C)cc1. The fourth-order valence-corrected chi connectivity index (χ4v) is 2.50. The Hall–Kier alpha value is -1.84. The van der Waals surface area contributed by atoms with Crippen LogP contribution in [-0.4, -0.2) is 5.16 Å². The Morgan fingerprint density at radius 3 is 2.43 bits per heavy atom. The average molecular weight is 288 g/mol. The molecular formula is C17H24N2O2. The van der Waals surface area contributed by atoms with Gasteiger partial charge >= 0.3 is 0 Å². The van der Waals surface area contributed by atoms with E-state index in [-0.39, 0.29) is 0 Å². The first kappa shape index (κ1) is 15.5. The van der Waals surface area contributed by atoms with Crippen LogP contribution in [0.2, 0.25) is 0 Å². The Morgan fingerprint density at radius 2 is 1.71 bits per heavy atom. The van der Waals surface area contributed by atoms with Crippen molar-refractivity contribution in [1.29, 1.82) is 0 Å². The van der Waals surface area contributed by atoms with Gasteiger partial charge in [0.2, 0.25) is 11.4 Å². The van der Waals surface area contributed by atoms with Crippen LogP contribution in [0.5, 0.6) is 0 Å². The number of nitrogens with zero attached hydrogens (tertiary/aromatic N) is 2. The molecule has 114 valence electrons. The van der Waals surface area contributed by atoms with Crippen LogP contribution in [0.25, 0.3) is 11.3 Å². The zero-order valence-electron chi connectivity index (χ0n) is 13.0. The van der Waals surface area contributed by atoms with Crippen molar-refractivity contribution in [2.75, 3.05) is 0 Å². The molecule has 1 aromatic heterocycles. The minimum Gasteiger partial charge on any atom is -0.359 e. The molecule has 1 aromatic carbocycles. The fraction of sp³-hybridized carbons (Fsp3) is 0.529. The molecule has 0 aliphatic rings. The topological polar surface area (TPSA) is 53.0 Å². The van der Waals surface area contributed by atoms with Crippen molar-refractivity contribution in [3.63, 3.8) is 0 Å². The minimum atomic E-state index is 0.525. The van der Waals surface area contributed by atoms with Crippen molar-refractivity contribution in [3.8, 4) is 11.3 Å². The summed E-state index contributed by atoms with van der Waals surface area (Å²) in [5.41, 5.74) is 3.37. The lowest BCUT2D eigenvalue weighted by atomic mass is 10.0. The van der Waals surface area contributed by atoms with E-state index in [0.29, 0.717) is 10.6 Å². The third kappa shape index (κ3) is 4.31. The quantitative estimate of drug-likeness (QED) is 0.540. The maximum Gasteiger partial charge on any atom is 0.228 e. The smallest absolute Gasteiger partial charge is 0.228 e. The van der Waals surface area contributed by atoms with Crippen molar-refractivity contribution >= 4 is 0 Å². The fourth-order valence-electron chi connectivity index (χ4n) is 2.50. The number of hydrogen-bond donors (Lipinski definition) is 0. The molecule has 21 heavy (non-hydrogen) atoms. The second-order valence-electron chi connectivity index (χ2n) is 5.61. The van der Waals surface area contributed by atoms with E-state index in [9.17, 15) is 5.21 Å². The average Bonchev–Trinajstić information content (AvgIpc) is 2.85. The molecule has 0 atom stereocenters. The van der Waals surface area contributed by atoms with Crippen LogP contribution in [0.15, 0.2) is 28.9 Å². The number of unbranched alkanes of at least 4 members (excludes halogenated alkanes) is 5. The van der Waals surface area contributed by atoms with Gasteiger partial charge in [0.25, 0.3) is 0 Å². The number of aromatic nitrogens is 2. The molecule has 0 N–H and O–H groups in total. The third-order valence-electron chi connectivity index (χ3n) is 3.77. The second-order valence-corrected chi connectivity index (χ2v) is 5.61. The van der Waals surface area contributed by atoms with Gasteiger partial charge in [0.05, 0.1) is 0 Å². The summed E-state index contributed by atoms with van der Waals surface area (Å²) in [5.74, 6) is 0. The van der Waals surface area contributed by atoms with E-state index < -0.39 is 0 Å². The molecule has 2 aromatic rings. The van der Waals surface area contributed by atoms with Gasteiger partial charge in [0, 0.05) is 17.1 Å². The van der Waals surface area contributed by atoms with Crippen molar-refractivity contribution < 1.29 is 9.53 Å². The summed E-state index contributed by atoms with van der Waals surface area (Å²) in [4.78, 5) is 0.525. The first-order valence-corrected chi connectivity index (χ1v) is 7.88. The Kier molecular flexibility index (Phi) is 5.78. The highest BCUT2D eigenvalue weighted by molar-refractivity contribution is 5.58. The van der Waals surface area contributed by atoms with Crippen LogP contribution in [0.1, 0.15) is 56.7 Å². The highest BCUT2D eigenvalue weighted by Gasteiger charge is 2.20. The van der Waals surface area contributed by atoms with E-state index in [0.717, 1.165) is 24.1 Å². The molecule has 4 nitrogen and oxygen atoms in total. The molecule has 0 radical (unpaired) electrons.